The molecule has 2 rings (SSSR count). The summed E-state index contributed by atoms with van der Waals surface area (Å²) in [6.07, 6.45) is 1.07. The average Bonchev–Trinajstić information content (AvgIpc) is 2.86. The van der Waals surface area contributed by atoms with Crippen LogP contribution >= 0.6 is 23.1 Å². The van der Waals surface area contributed by atoms with Crippen LogP contribution in [0, 0.1) is 0 Å². The largest absolute Gasteiger partial charge is 0.374 e. The van der Waals surface area contributed by atoms with E-state index in [-0.39, 0.29) is 0 Å². The Morgan fingerprint density at radius 1 is 1.26 bits per heavy atom. The molecule has 102 valence electrons. The predicted molar refractivity (Wildman–Crippen MR) is 78.6 cm³/mol. The summed E-state index contributed by atoms with van der Waals surface area (Å²) in [4.78, 5) is 0. The summed E-state index contributed by atoms with van der Waals surface area (Å²) in [5.74, 6) is 0. The summed E-state index contributed by atoms with van der Waals surface area (Å²) in [7, 11) is 0. The van der Waals surface area contributed by atoms with Crippen molar-refractivity contribution < 1.29 is 4.74 Å². The first-order valence-corrected chi connectivity index (χ1v) is 7.32. The maximum atomic E-state index is 5.83. The smallest absolute Gasteiger partial charge is 0.135 e. The number of anilines is 1. The molecule has 0 radical (unpaired) electrons. The van der Waals surface area contributed by atoms with Crippen molar-refractivity contribution >= 4 is 28.1 Å². The van der Waals surface area contributed by atoms with Crippen molar-refractivity contribution in [2.45, 2.75) is 26.6 Å². The number of aromatic nitrogens is 2. The van der Waals surface area contributed by atoms with Crippen molar-refractivity contribution in [2.24, 2.45) is 0 Å². The minimum absolute atomic E-state index is 0.463. The summed E-state index contributed by atoms with van der Waals surface area (Å²) < 4.78 is 9.59. The lowest BCUT2D eigenvalue weighted by molar-refractivity contribution is 0.105. The van der Waals surface area contributed by atoms with Crippen LogP contribution < -0.4 is 5.32 Å². The highest BCUT2D eigenvalue weighted by Crippen LogP contribution is 2.19. The van der Waals surface area contributed by atoms with Gasteiger partial charge in [0.1, 0.15) is 10.7 Å². The topological polar surface area (TPSA) is 47.0 Å². The number of nitrogens with one attached hydrogen (secondary N) is 1. The molecular weight excluding hydrogens is 282 g/mol. The number of ether oxygens (including phenoxy) is 1. The van der Waals surface area contributed by atoms with E-state index >= 15 is 0 Å². The van der Waals surface area contributed by atoms with Gasteiger partial charge in [0.05, 0.1) is 13.2 Å². The van der Waals surface area contributed by atoms with Gasteiger partial charge in [-0.3, -0.25) is 0 Å². The normalized spacial score (nSPS) is 10.6. The highest BCUT2D eigenvalue weighted by molar-refractivity contribution is 7.10. The molecule has 0 saturated heterocycles. The Bertz CT molecular complexity index is 501. The van der Waals surface area contributed by atoms with Gasteiger partial charge in [0, 0.05) is 23.1 Å². The zero-order valence-electron chi connectivity index (χ0n) is 10.7. The Balaban J connectivity index is 1.82. The third-order valence-electron chi connectivity index (χ3n) is 2.51. The van der Waals surface area contributed by atoms with Crippen LogP contribution in [0.4, 0.5) is 5.00 Å². The third-order valence-corrected chi connectivity index (χ3v) is 3.49. The number of nitrogens with zero attached hydrogens (tertiary/aromatic N) is 2. The number of benzene rings is 1. The fraction of sp³-hybridized carbons (Fsp3) is 0.385. The molecular formula is C13H16ClN3OS. The molecule has 1 N–H and O–H groups in total. The first-order chi connectivity index (χ1) is 9.29. The Labute approximate surface area is 121 Å². The Morgan fingerprint density at radius 2 is 2.05 bits per heavy atom. The van der Waals surface area contributed by atoms with Crippen LogP contribution in [0.25, 0.3) is 0 Å². The molecule has 0 saturated carbocycles. The summed E-state index contributed by atoms with van der Waals surface area (Å²) >= 11 is 7.20. The molecule has 0 unspecified atom stereocenters. The standard InChI is InChI=1S/C13H16ClN3OS/c1-2-7-15-13-12(16-17-19-13)9-18-8-10-3-5-11(14)6-4-10/h3-6,15H,2,7-9H2,1H3. The molecule has 0 aliphatic heterocycles. The fourth-order valence-corrected chi connectivity index (χ4v) is 2.24. The van der Waals surface area contributed by atoms with Crippen LogP contribution in [0.2, 0.25) is 5.02 Å². The highest BCUT2D eigenvalue weighted by atomic mass is 35.5. The van der Waals surface area contributed by atoms with Gasteiger partial charge in [0.15, 0.2) is 0 Å². The molecule has 0 aliphatic rings. The second kappa shape index (κ2) is 7.43. The van der Waals surface area contributed by atoms with E-state index in [1.807, 2.05) is 24.3 Å². The highest BCUT2D eigenvalue weighted by Gasteiger charge is 2.07. The fourth-order valence-electron chi connectivity index (χ4n) is 1.52. The molecule has 1 aromatic heterocycles. The molecule has 0 fully saturated rings. The van der Waals surface area contributed by atoms with Crippen molar-refractivity contribution in [3.63, 3.8) is 0 Å². The van der Waals surface area contributed by atoms with Gasteiger partial charge < -0.3 is 10.1 Å². The van der Waals surface area contributed by atoms with E-state index in [0.29, 0.717) is 13.2 Å². The molecule has 6 heteroatoms. The van der Waals surface area contributed by atoms with E-state index < -0.39 is 0 Å². The molecule has 4 nitrogen and oxygen atoms in total. The van der Waals surface area contributed by atoms with Gasteiger partial charge in [-0.25, -0.2) is 0 Å². The monoisotopic (exact) mass is 297 g/mol. The lowest BCUT2D eigenvalue weighted by atomic mass is 10.2. The first-order valence-electron chi connectivity index (χ1n) is 6.17. The zero-order valence-corrected chi connectivity index (χ0v) is 12.3. The average molecular weight is 298 g/mol. The molecule has 1 heterocycles. The van der Waals surface area contributed by atoms with Gasteiger partial charge in [-0.1, -0.05) is 35.1 Å². The summed E-state index contributed by atoms with van der Waals surface area (Å²) in [6, 6.07) is 7.63. The second-order valence-electron chi connectivity index (χ2n) is 4.09. The van der Waals surface area contributed by atoms with Gasteiger partial charge in [0.25, 0.3) is 0 Å². The van der Waals surface area contributed by atoms with E-state index in [1.54, 1.807) is 0 Å². The minimum Gasteiger partial charge on any atom is -0.374 e. The predicted octanol–water partition coefficient (Wildman–Crippen LogP) is 3.73. The minimum atomic E-state index is 0.463. The molecule has 0 spiro atoms. The molecule has 19 heavy (non-hydrogen) atoms. The van der Waals surface area contributed by atoms with Gasteiger partial charge in [-0.2, -0.15) is 0 Å². The SMILES string of the molecule is CCCNc1snnc1COCc1ccc(Cl)cc1. The van der Waals surface area contributed by atoms with Gasteiger partial charge in [-0.15, -0.1) is 5.10 Å². The van der Waals surface area contributed by atoms with Gasteiger partial charge in [0.2, 0.25) is 0 Å². The van der Waals surface area contributed by atoms with E-state index in [4.69, 9.17) is 16.3 Å². The maximum absolute atomic E-state index is 5.83. The Hall–Kier alpha value is -1.17. The molecule has 0 atom stereocenters. The summed E-state index contributed by atoms with van der Waals surface area (Å²) in [6.45, 7) is 4.05. The summed E-state index contributed by atoms with van der Waals surface area (Å²) in [5.41, 5.74) is 1.96. The van der Waals surface area contributed by atoms with E-state index in [0.717, 1.165) is 34.2 Å². The second-order valence-corrected chi connectivity index (χ2v) is 5.29. The third kappa shape index (κ3) is 4.45. The Morgan fingerprint density at radius 3 is 2.79 bits per heavy atom. The maximum Gasteiger partial charge on any atom is 0.135 e. The van der Waals surface area contributed by atoms with E-state index in [2.05, 4.69) is 21.8 Å². The zero-order chi connectivity index (χ0) is 13.5. The van der Waals surface area contributed by atoms with E-state index in [1.165, 1.54) is 11.5 Å². The quantitative estimate of drug-likeness (QED) is 0.846. The van der Waals surface area contributed by atoms with Crippen molar-refractivity contribution in [2.75, 3.05) is 11.9 Å². The molecule has 0 aliphatic carbocycles. The van der Waals surface area contributed by atoms with Gasteiger partial charge >= 0.3 is 0 Å². The molecule has 1 aromatic carbocycles. The van der Waals surface area contributed by atoms with Crippen LogP contribution in [0.3, 0.4) is 0 Å². The summed E-state index contributed by atoms with van der Waals surface area (Å²) in [5, 5.41) is 9.10. The molecule has 2 aromatic rings. The lowest BCUT2D eigenvalue weighted by Crippen LogP contribution is -2.02. The number of halogens is 1. The van der Waals surface area contributed by atoms with Crippen LogP contribution in [0.15, 0.2) is 24.3 Å². The van der Waals surface area contributed by atoms with Crippen LogP contribution in [-0.4, -0.2) is 16.1 Å². The molecule has 0 amide bonds. The van der Waals surface area contributed by atoms with E-state index in [9.17, 15) is 0 Å². The van der Waals surface area contributed by atoms with Crippen molar-refractivity contribution in [1.82, 2.24) is 9.59 Å². The first kappa shape index (κ1) is 14.2. The van der Waals surface area contributed by atoms with Crippen molar-refractivity contribution in [3.8, 4) is 0 Å². The lowest BCUT2D eigenvalue weighted by Gasteiger charge is -2.05. The van der Waals surface area contributed by atoms with Crippen LogP contribution in [0.5, 0.6) is 0 Å². The van der Waals surface area contributed by atoms with Crippen molar-refractivity contribution in [3.05, 3.63) is 40.5 Å². The number of rotatable bonds is 7. The number of hydrogen-bond acceptors (Lipinski definition) is 5. The van der Waals surface area contributed by atoms with Crippen LogP contribution in [0.1, 0.15) is 24.6 Å². The molecule has 0 bridgehead atoms. The Kier molecular flexibility index (Phi) is 5.57. The van der Waals surface area contributed by atoms with Crippen molar-refractivity contribution in [1.29, 1.82) is 0 Å². The van der Waals surface area contributed by atoms with Gasteiger partial charge in [-0.05, 0) is 24.1 Å². The van der Waals surface area contributed by atoms with Crippen LogP contribution in [-0.2, 0) is 18.0 Å². The number of hydrogen-bond donors (Lipinski definition) is 1.